The second-order valence-electron chi connectivity index (χ2n) is 10.2. The maximum atomic E-state index is 14.2. The summed E-state index contributed by atoms with van der Waals surface area (Å²) in [6.45, 7) is 3.71. The lowest BCUT2D eigenvalue weighted by Crippen LogP contribution is -2.35. The van der Waals surface area contributed by atoms with Crippen molar-refractivity contribution in [3.8, 4) is 11.9 Å². The van der Waals surface area contributed by atoms with Crippen LogP contribution < -0.4 is 4.74 Å². The molecule has 3 aromatic heterocycles. The maximum Gasteiger partial charge on any atom is 0.371 e. The lowest BCUT2D eigenvalue weighted by molar-refractivity contribution is -0.0592. The fourth-order valence-corrected chi connectivity index (χ4v) is 5.23. The Balaban J connectivity index is 1.08. The van der Waals surface area contributed by atoms with Crippen molar-refractivity contribution < 1.29 is 28.2 Å². The van der Waals surface area contributed by atoms with Gasteiger partial charge in [-0.1, -0.05) is 12.1 Å². The van der Waals surface area contributed by atoms with Gasteiger partial charge >= 0.3 is 5.97 Å². The smallest absolute Gasteiger partial charge is 0.371 e. The van der Waals surface area contributed by atoms with Gasteiger partial charge in [-0.05, 0) is 50.6 Å². The third-order valence-corrected chi connectivity index (χ3v) is 7.59. The molecular formula is C29H28FN5O5. The summed E-state index contributed by atoms with van der Waals surface area (Å²) in [5.41, 5.74) is 2.60. The van der Waals surface area contributed by atoms with Crippen LogP contribution in [0, 0.1) is 17.1 Å². The summed E-state index contributed by atoms with van der Waals surface area (Å²) in [5.74, 6) is -0.163. The van der Waals surface area contributed by atoms with E-state index in [0.29, 0.717) is 35.8 Å². The van der Waals surface area contributed by atoms with E-state index in [9.17, 15) is 14.3 Å². The average molecular weight is 546 g/mol. The Hall–Kier alpha value is -4.27. The zero-order valence-electron chi connectivity index (χ0n) is 21.8. The van der Waals surface area contributed by atoms with Gasteiger partial charge in [0.05, 0.1) is 30.8 Å². The van der Waals surface area contributed by atoms with E-state index in [1.54, 1.807) is 18.2 Å². The van der Waals surface area contributed by atoms with Crippen LogP contribution in [0.2, 0.25) is 0 Å². The number of piperidine rings is 1. The highest BCUT2D eigenvalue weighted by Gasteiger charge is 2.27. The van der Waals surface area contributed by atoms with Gasteiger partial charge in [-0.15, -0.1) is 0 Å². The van der Waals surface area contributed by atoms with Crippen LogP contribution in [0.5, 0.6) is 5.88 Å². The molecule has 4 aromatic rings. The molecule has 2 fully saturated rings. The summed E-state index contributed by atoms with van der Waals surface area (Å²) >= 11 is 0. The molecule has 2 aliphatic heterocycles. The third kappa shape index (κ3) is 5.41. The number of likely N-dealkylation sites (tertiary alicyclic amines) is 1. The largest absolute Gasteiger partial charge is 0.475 e. The molecule has 0 amide bonds. The molecule has 0 spiro atoms. The summed E-state index contributed by atoms with van der Waals surface area (Å²) in [6.07, 6.45) is 2.88. The average Bonchev–Trinajstić information content (AvgIpc) is 3.49. The topological polar surface area (TPSA) is 127 Å². The Kier molecular flexibility index (Phi) is 7.19. The summed E-state index contributed by atoms with van der Waals surface area (Å²) in [7, 11) is 0. The standard InChI is InChI=1S/C29H28FN5O5/c30-22-12-18(14-31)4-5-20(22)17-39-27-3-1-2-23(32-27)19-6-9-34(10-7-19)16-26-33-28-24(13-25(40-28)29(36)37)35(26)15-21-8-11-38-21/h1-5,12-13,19,21H,6-11,15-17H2,(H,36,37)/t21-/m0/s1. The minimum atomic E-state index is -1.11. The predicted molar refractivity (Wildman–Crippen MR) is 140 cm³/mol. The number of benzene rings is 1. The molecule has 0 radical (unpaired) electrons. The summed E-state index contributed by atoms with van der Waals surface area (Å²) in [4.78, 5) is 23.0. The number of furan rings is 1. The molecule has 0 bridgehead atoms. The molecule has 11 heteroatoms. The molecule has 10 nitrogen and oxygen atoms in total. The minimum absolute atomic E-state index is 0.0296. The van der Waals surface area contributed by atoms with E-state index in [2.05, 4.69) is 14.9 Å². The number of rotatable bonds is 9. The van der Waals surface area contributed by atoms with E-state index >= 15 is 0 Å². The van der Waals surface area contributed by atoms with Crippen molar-refractivity contribution in [1.82, 2.24) is 19.4 Å². The zero-order chi connectivity index (χ0) is 27.6. The molecule has 6 rings (SSSR count). The molecule has 1 N–H and O–H groups in total. The van der Waals surface area contributed by atoms with E-state index in [1.165, 1.54) is 12.1 Å². The Morgan fingerprint density at radius 3 is 2.70 bits per heavy atom. The monoisotopic (exact) mass is 545 g/mol. The highest BCUT2D eigenvalue weighted by Crippen LogP contribution is 2.30. The summed E-state index contributed by atoms with van der Waals surface area (Å²) < 4.78 is 33.1. The van der Waals surface area contributed by atoms with Gasteiger partial charge in [0.1, 0.15) is 23.8 Å². The Morgan fingerprint density at radius 1 is 1.18 bits per heavy atom. The van der Waals surface area contributed by atoms with Crippen LogP contribution in [0.25, 0.3) is 11.2 Å². The van der Waals surface area contributed by atoms with Gasteiger partial charge in [-0.2, -0.15) is 10.2 Å². The van der Waals surface area contributed by atoms with Crippen molar-refractivity contribution in [3.63, 3.8) is 0 Å². The Morgan fingerprint density at radius 2 is 2.00 bits per heavy atom. The number of pyridine rings is 1. The minimum Gasteiger partial charge on any atom is -0.475 e. The Labute approximate surface area is 229 Å². The van der Waals surface area contributed by atoms with Crippen LogP contribution in [-0.4, -0.2) is 56.3 Å². The van der Waals surface area contributed by atoms with Crippen molar-refractivity contribution in [3.05, 3.63) is 76.7 Å². The number of fused-ring (bicyclic) bond motifs is 1. The molecule has 1 atom stereocenters. The number of nitrogens with zero attached hydrogens (tertiary/aromatic N) is 5. The summed E-state index contributed by atoms with van der Waals surface area (Å²) in [6, 6.07) is 13.4. The van der Waals surface area contributed by atoms with Gasteiger partial charge in [0, 0.05) is 35.9 Å². The number of carboxylic acid groups (broad SMARTS) is 1. The third-order valence-electron chi connectivity index (χ3n) is 7.59. The van der Waals surface area contributed by atoms with E-state index < -0.39 is 11.8 Å². The van der Waals surface area contributed by atoms with E-state index in [1.807, 2.05) is 22.8 Å². The Bertz CT molecular complexity index is 1580. The van der Waals surface area contributed by atoms with Gasteiger partial charge in [-0.25, -0.2) is 14.2 Å². The van der Waals surface area contributed by atoms with E-state index in [-0.39, 0.29) is 30.0 Å². The predicted octanol–water partition coefficient (Wildman–Crippen LogP) is 4.48. The van der Waals surface area contributed by atoms with Crippen molar-refractivity contribution in [2.75, 3.05) is 19.7 Å². The van der Waals surface area contributed by atoms with Crippen LogP contribution in [0.3, 0.4) is 0 Å². The fourth-order valence-electron chi connectivity index (χ4n) is 5.23. The van der Waals surface area contributed by atoms with Crippen LogP contribution >= 0.6 is 0 Å². The SMILES string of the molecule is N#Cc1ccc(COc2cccc(C3CCN(Cc4nc5oc(C(=O)O)cc5n4C[C@@H]4CCO4)CC3)n2)c(F)c1. The van der Waals surface area contributed by atoms with Crippen molar-refractivity contribution >= 4 is 17.2 Å². The first-order valence-corrected chi connectivity index (χ1v) is 13.3. The number of aromatic carboxylic acids is 1. The second kappa shape index (κ2) is 11.1. The number of aromatic nitrogens is 3. The van der Waals surface area contributed by atoms with Gasteiger partial charge in [-0.3, -0.25) is 4.90 Å². The molecule has 40 heavy (non-hydrogen) atoms. The first kappa shape index (κ1) is 26.0. The molecular weight excluding hydrogens is 517 g/mol. The number of imidazole rings is 1. The van der Waals surface area contributed by atoms with Gasteiger partial charge in [0.2, 0.25) is 17.4 Å². The number of halogens is 1. The van der Waals surface area contributed by atoms with Gasteiger partial charge in [0.15, 0.2) is 0 Å². The number of ether oxygens (including phenoxy) is 2. The number of carboxylic acids is 1. The van der Waals surface area contributed by atoms with Crippen LogP contribution in [-0.2, 0) is 24.4 Å². The molecule has 206 valence electrons. The van der Waals surface area contributed by atoms with Crippen molar-refractivity contribution in [1.29, 1.82) is 5.26 Å². The lowest BCUT2D eigenvalue weighted by Gasteiger charge is -2.32. The molecule has 1 aromatic carbocycles. The quantitative estimate of drug-likeness (QED) is 0.324. The van der Waals surface area contributed by atoms with E-state index in [4.69, 9.17) is 19.2 Å². The first-order chi connectivity index (χ1) is 19.5. The number of hydrogen-bond donors (Lipinski definition) is 1. The molecule has 0 saturated carbocycles. The highest BCUT2D eigenvalue weighted by atomic mass is 19.1. The zero-order valence-corrected chi connectivity index (χ0v) is 21.8. The molecule has 5 heterocycles. The maximum absolute atomic E-state index is 14.2. The number of nitriles is 1. The van der Waals surface area contributed by atoms with Crippen LogP contribution in [0.4, 0.5) is 4.39 Å². The van der Waals surface area contributed by atoms with Crippen LogP contribution in [0.1, 0.15) is 58.4 Å². The van der Waals surface area contributed by atoms with Crippen molar-refractivity contribution in [2.45, 2.75) is 51.0 Å². The molecule has 0 aliphatic carbocycles. The molecule has 0 unspecified atom stereocenters. The normalized spacial score (nSPS) is 17.9. The fraction of sp³-hybridized carbons (Fsp3) is 0.379. The highest BCUT2D eigenvalue weighted by molar-refractivity contribution is 5.89. The van der Waals surface area contributed by atoms with Crippen molar-refractivity contribution in [2.24, 2.45) is 0 Å². The summed E-state index contributed by atoms with van der Waals surface area (Å²) in [5, 5.41) is 18.2. The lowest BCUT2D eigenvalue weighted by atomic mass is 9.93. The molecule has 2 saturated heterocycles. The number of carbonyl (C=O) groups is 1. The molecule has 2 aliphatic rings. The number of hydrogen-bond acceptors (Lipinski definition) is 8. The van der Waals surface area contributed by atoms with Gasteiger partial charge < -0.3 is 23.6 Å². The van der Waals surface area contributed by atoms with Crippen LogP contribution in [0.15, 0.2) is 46.9 Å². The second-order valence-corrected chi connectivity index (χ2v) is 10.2. The van der Waals surface area contributed by atoms with E-state index in [0.717, 1.165) is 50.5 Å². The first-order valence-electron chi connectivity index (χ1n) is 13.3. The van der Waals surface area contributed by atoms with Gasteiger partial charge in [0.25, 0.3) is 0 Å².